The van der Waals surface area contributed by atoms with Crippen LogP contribution in [0.3, 0.4) is 0 Å². The fraction of sp³-hybridized carbons (Fsp3) is 0.353. The van der Waals surface area contributed by atoms with Crippen molar-refractivity contribution in [2.45, 2.75) is 27.0 Å². The fourth-order valence-electron chi connectivity index (χ4n) is 1.91. The molecule has 3 nitrogen and oxygen atoms in total. The molecule has 0 radical (unpaired) electrons. The van der Waals surface area contributed by atoms with Gasteiger partial charge in [0, 0.05) is 12.7 Å². The van der Waals surface area contributed by atoms with Crippen LogP contribution in [0.25, 0.3) is 0 Å². The van der Waals surface area contributed by atoms with Crippen LogP contribution in [0.2, 0.25) is 0 Å². The van der Waals surface area contributed by atoms with Crippen LogP contribution < -0.4 is 10.1 Å². The van der Waals surface area contributed by atoms with Gasteiger partial charge < -0.3 is 10.1 Å². The van der Waals surface area contributed by atoms with Crippen LogP contribution in [-0.2, 0) is 13.2 Å². The van der Waals surface area contributed by atoms with E-state index in [4.69, 9.17) is 4.74 Å². The molecular weight excluding hydrogens is 328 g/mol. The van der Waals surface area contributed by atoms with E-state index in [0.29, 0.717) is 12.5 Å². The first-order valence-electron chi connectivity index (χ1n) is 7.17. The monoisotopic (exact) mass is 348 g/mol. The molecule has 0 atom stereocenters. The summed E-state index contributed by atoms with van der Waals surface area (Å²) in [6.07, 6.45) is 1.78. The molecule has 1 aromatic heterocycles. The number of nitrogens with one attached hydrogen (secondary N) is 1. The minimum atomic E-state index is 0.477. The van der Waals surface area contributed by atoms with E-state index in [2.05, 4.69) is 52.2 Å². The van der Waals surface area contributed by atoms with Crippen LogP contribution in [-0.4, -0.2) is 11.5 Å². The SMILES string of the molecule is CC(C)CNCc1ccc(OCc2ccccn2)c(Br)c1. The van der Waals surface area contributed by atoms with Gasteiger partial charge in [-0.1, -0.05) is 26.0 Å². The normalized spacial score (nSPS) is 10.9. The number of pyridine rings is 1. The van der Waals surface area contributed by atoms with Gasteiger partial charge in [0.1, 0.15) is 12.4 Å². The van der Waals surface area contributed by atoms with Crippen LogP contribution in [0, 0.1) is 5.92 Å². The Bertz CT molecular complexity index is 558. The van der Waals surface area contributed by atoms with Gasteiger partial charge in [0.2, 0.25) is 0 Å². The van der Waals surface area contributed by atoms with Gasteiger partial charge in [-0.25, -0.2) is 0 Å². The van der Waals surface area contributed by atoms with E-state index in [1.165, 1.54) is 5.56 Å². The van der Waals surface area contributed by atoms with E-state index in [0.717, 1.165) is 29.0 Å². The summed E-state index contributed by atoms with van der Waals surface area (Å²) < 4.78 is 6.77. The molecule has 4 heteroatoms. The third-order valence-corrected chi connectivity index (χ3v) is 3.60. The van der Waals surface area contributed by atoms with Crippen molar-refractivity contribution in [3.8, 4) is 5.75 Å². The standard InChI is InChI=1S/C17H21BrN2O/c1-13(2)10-19-11-14-6-7-17(16(18)9-14)21-12-15-5-3-4-8-20-15/h3-9,13,19H,10-12H2,1-2H3. The van der Waals surface area contributed by atoms with Gasteiger partial charge in [0.05, 0.1) is 10.2 Å². The van der Waals surface area contributed by atoms with Crippen LogP contribution in [0.5, 0.6) is 5.75 Å². The zero-order valence-corrected chi connectivity index (χ0v) is 14.1. The molecule has 1 N–H and O–H groups in total. The van der Waals surface area contributed by atoms with Gasteiger partial charge in [-0.05, 0) is 58.2 Å². The maximum Gasteiger partial charge on any atom is 0.134 e. The largest absolute Gasteiger partial charge is 0.486 e. The lowest BCUT2D eigenvalue weighted by atomic mass is 10.2. The van der Waals surface area contributed by atoms with Crippen molar-refractivity contribution >= 4 is 15.9 Å². The Labute approximate surface area is 134 Å². The van der Waals surface area contributed by atoms with Gasteiger partial charge in [0.15, 0.2) is 0 Å². The maximum atomic E-state index is 5.79. The first kappa shape index (κ1) is 16.0. The van der Waals surface area contributed by atoms with E-state index in [1.807, 2.05) is 24.3 Å². The lowest BCUT2D eigenvalue weighted by Crippen LogP contribution is -2.18. The van der Waals surface area contributed by atoms with E-state index in [-0.39, 0.29) is 0 Å². The smallest absolute Gasteiger partial charge is 0.134 e. The maximum absolute atomic E-state index is 5.79. The minimum absolute atomic E-state index is 0.477. The van der Waals surface area contributed by atoms with Crippen LogP contribution in [0.4, 0.5) is 0 Å². The first-order chi connectivity index (χ1) is 10.1. The Morgan fingerprint density at radius 2 is 2.10 bits per heavy atom. The topological polar surface area (TPSA) is 34.1 Å². The van der Waals surface area contributed by atoms with Gasteiger partial charge in [-0.15, -0.1) is 0 Å². The molecule has 0 aliphatic carbocycles. The average Bonchev–Trinajstić information content (AvgIpc) is 2.47. The minimum Gasteiger partial charge on any atom is -0.486 e. The molecule has 0 fully saturated rings. The number of halogens is 1. The summed E-state index contributed by atoms with van der Waals surface area (Å²) in [7, 11) is 0. The molecular formula is C17H21BrN2O. The fourth-order valence-corrected chi connectivity index (χ4v) is 2.45. The molecule has 0 saturated heterocycles. The van der Waals surface area contributed by atoms with E-state index < -0.39 is 0 Å². The molecule has 0 aliphatic heterocycles. The molecule has 0 aliphatic rings. The molecule has 0 saturated carbocycles. The summed E-state index contributed by atoms with van der Waals surface area (Å²) in [5.74, 6) is 1.50. The van der Waals surface area contributed by atoms with Crippen molar-refractivity contribution in [3.63, 3.8) is 0 Å². The molecule has 0 amide bonds. The van der Waals surface area contributed by atoms with Crippen LogP contribution >= 0.6 is 15.9 Å². The van der Waals surface area contributed by atoms with E-state index in [9.17, 15) is 0 Å². The third kappa shape index (κ3) is 5.48. The molecule has 112 valence electrons. The van der Waals surface area contributed by atoms with Crippen LogP contribution in [0.15, 0.2) is 47.1 Å². The summed E-state index contributed by atoms with van der Waals surface area (Å²) in [6.45, 7) is 6.78. The van der Waals surface area contributed by atoms with E-state index in [1.54, 1.807) is 6.20 Å². The predicted octanol–water partition coefficient (Wildman–Crippen LogP) is 4.17. The van der Waals surface area contributed by atoms with Gasteiger partial charge >= 0.3 is 0 Å². The molecule has 1 heterocycles. The van der Waals surface area contributed by atoms with E-state index >= 15 is 0 Å². The number of aromatic nitrogens is 1. The number of rotatable bonds is 7. The van der Waals surface area contributed by atoms with Crippen molar-refractivity contribution in [2.75, 3.05) is 6.54 Å². The summed E-state index contributed by atoms with van der Waals surface area (Å²) in [6, 6.07) is 12.0. The molecule has 21 heavy (non-hydrogen) atoms. The van der Waals surface area contributed by atoms with Crippen molar-refractivity contribution in [1.29, 1.82) is 0 Å². The Kier molecular flexibility index (Phi) is 6.21. The quantitative estimate of drug-likeness (QED) is 0.815. The number of hydrogen-bond donors (Lipinski definition) is 1. The highest BCUT2D eigenvalue weighted by atomic mass is 79.9. The molecule has 2 aromatic rings. The second kappa shape index (κ2) is 8.15. The third-order valence-electron chi connectivity index (χ3n) is 2.98. The zero-order chi connectivity index (χ0) is 15.1. The molecule has 1 aromatic carbocycles. The number of nitrogens with zero attached hydrogens (tertiary/aromatic N) is 1. The van der Waals surface area contributed by atoms with Crippen LogP contribution in [0.1, 0.15) is 25.1 Å². The Balaban J connectivity index is 1.90. The van der Waals surface area contributed by atoms with Gasteiger partial charge in [-0.3, -0.25) is 4.98 Å². The zero-order valence-electron chi connectivity index (χ0n) is 12.5. The van der Waals surface area contributed by atoms with Crippen molar-refractivity contribution in [2.24, 2.45) is 5.92 Å². The highest BCUT2D eigenvalue weighted by Crippen LogP contribution is 2.26. The summed E-state index contributed by atoms with van der Waals surface area (Å²) in [5.41, 5.74) is 2.17. The first-order valence-corrected chi connectivity index (χ1v) is 7.96. The lowest BCUT2D eigenvalue weighted by molar-refractivity contribution is 0.299. The Hall–Kier alpha value is -1.39. The van der Waals surface area contributed by atoms with Crippen molar-refractivity contribution < 1.29 is 4.74 Å². The van der Waals surface area contributed by atoms with Crippen molar-refractivity contribution in [3.05, 3.63) is 58.3 Å². The molecule has 0 unspecified atom stereocenters. The lowest BCUT2D eigenvalue weighted by Gasteiger charge is -2.11. The molecule has 0 spiro atoms. The predicted molar refractivity (Wildman–Crippen MR) is 89.3 cm³/mol. The summed E-state index contributed by atoms with van der Waals surface area (Å²) in [4.78, 5) is 4.25. The Morgan fingerprint density at radius 3 is 2.76 bits per heavy atom. The summed E-state index contributed by atoms with van der Waals surface area (Å²) >= 11 is 3.57. The second-order valence-electron chi connectivity index (χ2n) is 5.40. The molecule has 0 bridgehead atoms. The molecule has 2 rings (SSSR count). The number of ether oxygens (including phenoxy) is 1. The highest BCUT2D eigenvalue weighted by Gasteiger charge is 2.04. The number of benzene rings is 1. The highest BCUT2D eigenvalue weighted by molar-refractivity contribution is 9.10. The Morgan fingerprint density at radius 1 is 1.24 bits per heavy atom. The van der Waals surface area contributed by atoms with Gasteiger partial charge in [0.25, 0.3) is 0 Å². The van der Waals surface area contributed by atoms with Crippen molar-refractivity contribution in [1.82, 2.24) is 10.3 Å². The second-order valence-corrected chi connectivity index (χ2v) is 6.25. The summed E-state index contributed by atoms with van der Waals surface area (Å²) in [5, 5.41) is 3.43. The average molecular weight is 349 g/mol. The van der Waals surface area contributed by atoms with Gasteiger partial charge in [-0.2, -0.15) is 0 Å². The number of hydrogen-bond acceptors (Lipinski definition) is 3.